The molecular formula is C121H92Cl4N4S. The Labute approximate surface area is 786 Å². The number of benzene rings is 19. The van der Waals surface area contributed by atoms with Gasteiger partial charge >= 0.3 is 0 Å². The Morgan fingerprint density at radius 2 is 0.577 bits per heavy atom. The van der Waals surface area contributed by atoms with Crippen molar-refractivity contribution in [3.05, 3.63) is 502 Å². The molecule has 19 aromatic carbocycles. The van der Waals surface area contributed by atoms with Gasteiger partial charge in [0.15, 0.2) is 0 Å². The van der Waals surface area contributed by atoms with Gasteiger partial charge in [-0.05, 0) is 247 Å². The predicted molar refractivity (Wildman–Crippen MR) is 558 cm³/mol. The smallest absolute Gasteiger partial charge is 0.0648 e. The number of anilines is 12. The van der Waals surface area contributed by atoms with Crippen LogP contribution < -0.4 is 19.6 Å². The van der Waals surface area contributed by atoms with Crippen LogP contribution in [-0.2, 0) is 16.2 Å². The first-order valence-corrected chi connectivity index (χ1v) is 46.4. The third-order valence-corrected chi connectivity index (χ3v) is 28.0. The van der Waals surface area contributed by atoms with Crippen LogP contribution in [0.2, 0.25) is 20.1 Å². The van der Waals surface area contributed by atoms with Gasteiger partial charge in [-0.2, -0.15) is 0 Å². The molecule has 0 saturated heterocycles. The molecule has 0 unspecified atom stereocenters. The minimum atomic E-state index is -0.138. The van der Waals surface area contributed by atoms with Crippen LogP contribution in [0.1, 0.15) is 74.9 Å². The highest BCUT2D eigenvalue weighted by atomic mass is 35.5. The largest absolute Gasteiger partial charge is 0.310 e. The molecule has 0 fully saturated rings. The number of thiophene rings is 1. The number of halogens is 4. The van der Waals surface area contributed by atoms with Gasteiger partial charge in [-0.15, -0.1) is 11.3 Å². The van der Waals surface area contributed by atoms with Crippen molar-refractivity contribution in [1.82, 2.24) is 0 Å². The van der Waals surface area contributed by atoms with E-state index >= 15 is 0 Å². The van der Waals surface area contributed by atoms with E-state index in [4.69, 9.17) is 46.4 Å². The summed E-state index contributed by atoms with van der Waals surface area (Å²) >= 11 is 27.8. The Kier molecular flexibility index (Phi) is 23.0. The molecule has 0 bridgehead atoms. The summed E-state index contributed by atoms with van der Waals surface area (Å²) in [7, 11) is 0. The van der Waals surface area contributed by atoms with E-state index in [0.717, 1.165) is 82.7 Å². The molecule has 1 aromatic heterocycles. The fourth-order valence-electron chi connectivity index (χ4n) is 19.7. The molecule has 0 amide bonds. The minimum Gasteiger partial charge on any atom is -0.310 e. The van der Waals surface area contributed by atoms with Gasteiger partial charge in [0, 0.05) is 108 Å². The fourth-order valence-corrected chi connectivity index (χ4v) is 21.5. The van der Waals surface area contributed by atoms with Crippen molar-refractivity contribution >= 4 is 157 Å². The van der Waals surface area contributed by atoms with E-state index in [1.54, 1.807) is 0 Å². The molecule has 3 aliphatic rings. The van der Waals surface area contributed by atoms with E-state index in [0.29, 0.717) is 0 Å². The first kappa shape index (κ1) is 84.2. The lowest BCUT2D eigenvalue weighted by atomic mass is 9.81. The van der Waals surface area contributed by atoms with Crippen LogP contribution in [0.25, 0.3) is 86.6 Å². The van der Waals surface area contributed by atoms with Crippen LogP contribution in [0.5, 0.6) is 0 Å². The van der Waals surface area contributed by atoms with Crippen molar-refractivity contribution in [2.24, 2.45) is 0 Å². The Bertz CT molecular complexity index is 7610. The van der Waals surface area contributed by atoms with E-state index in [1.165, 1.54) is 126 Å². The molecule has 20 aromatic rings. The van der Waals surface area contributed by atoms with Gasteiger partial charge in [0.25, 0.3) is 0 Å². The molecule has 0 N–H and O–H groups in total. The second-order valence-corrected chi connectivity index (χ2v) is 37.6. The molecule has 630 valence electrons. The predicted octanol–water partition coefficient (Wildman–Crippen LogP) is 37.0. The molecule has 4 nitrogen and oxygen atoms in total. The molecule has 0 atom stereocenters. The second kappa shape index (κ2) is 35.6. The monoisotopic (exact) mass is 1770 g/mol. The Hall–Kier alpha value is -14.0. The summed E-state index contributed by atoms with van der Waals surface area (Å²) in [6, 6.07) is 158. The summed E-state index contributed by atoms with van der Waals surface area (Å²) in [5.41, 5.74) is 33.7. The average Bonchev–Trinajstić information content (AvgIpc) is 1.57. The maximum absolute atomic E-state index is 6.54. The summed E-state index contributed by atoms with van der Waals surface area (Å²) in [4.78, 5) is 9.21. The highest BCUT2D eigenvalue weighted by Crippen LogP contribution is 2.58. The number of nitrogens with zero attached hydrogens (tertiary/aromatic N) is 4. The zero-order valence-electron chi connectivity index (χ0n) is 72.9. The standard InChI is InChI=1S/C33H24ClNS.2C33H26ClN.C22H16ClN/c1-33(2)29-12-5-3-10-25(29)26-16-14-24(20-30(26)33)35(22-9-7-8-21(34)18-22)23-15-17-32-28(19-23)27-11-4-6-13-31(27)36-32;1-33(2)29-19-8-6-17-27(29)28-18-11-21-31(32(28)33)35(25-15-10-14-24(34)22-25)30-20-9-7-16-26(30)23-12-4-3-5-13-23;1-33(2)31-14-7-6-13-29(31)30-22-28(19-20-32(30)33)35(27-12-8-11-25(34)21-27)26-17-15-24(16-18-26)23-9-4-3-5-10-23;23-20-14-6-7-15-22(20)24(18-11-2-1-3-12-18)21-16-8-10-17-9-4-5-13-19(17)21/h3-20H,1-2H3;2*3-22H,1-2H3;1-16H. The van der Waals surface area contributed by atoms with E-state index < -0.39 is 0 Å². The van der Waals surface area contributed by atoms with Crippen LogP contribution in [0, 0.1) is 0 Å². The first-order chi connectivity index (χ1) is 63.4. The van der Waals surface area contributed by atoms with Crippen molar-refractivity contribution in [3.63, 3.8) is 0 Å². The molecule has 0 aliphatic heterocycles. The molecule has 0 saturated carbocycles. The summed E-state index contributed by atoms with van der Waals surface area (Å²) < 4.78 is 2.62. The van der Waals surface area contributed by atoms with Crippen molar-refractivity contribution < 1.29 is 0 Å². The molecule has 1 heterocycles. The number of hydrogen-bond acceptors (Lipinski definition) is 5. The highest BCUT2D eigenvalue weighted by molar-refractivity contribution is 7.25. The number of fused-ring (bicyclic) bond motifs is 13. The number of rotatable bonds is 14. The van der Waals surface area contributed by atoms with Crippen LogP contribution in [0.4, 0.5) is 68.2 Å². The Morgan fingerprint density at radius 1 is 0.200 bits per heavy atom. The van der Waals surface area contributed by atoms with Gasteiger partial charge in [0.05, 0.1) is 27.8 Å². The van der Waals surface area contributed by atoms with E-state index in [-0.39, 0.29) is 16.2 Å². The van der Waals surface area contributed by atoms with Gasteiger partial charge in [-0.25, -0.2) is 0 Å². The third-order valence-electron chi connectivity index (χ3n) is 25.8. The van der Waals surface area contributed by atoms with Gasteiger partial charge in [0.1, 0.15) is 0 Å². The lowest BCUT2D eigenvalue weighted by molar-refractivity contribution is 0.660. The molecule has 130 heavy (non-hydrogen) atoms. The van der Waals surface area contributed by atoms with E-state index in [9.17, 15) is 0 Å². The lowest BCUT2D eigenvalue weighted by Crippen LogP contribution is -2.21. The van der Waals surface area contributed by atoms with Crippen LogP contribution in [0.15, 0.2) is 449 Å². The van der Waals surface area contributed by atoms with Crippen molar-refractivity contribution in [2.45, 2.75) is 57.8 Å². The van der Waals surface area contributed by atoms with Crippen molar-refractivity contribution in [1.29, 1.82) is 0 Å². The van der Waals surface area contributed by atoms with Gasteiger partial charge < -0.3 is 19.6 Å². The summed E-state index contributed by atoms with van der Waals surface area (Å²) in [5, 5.41) is 7.90. The topological polar surface area (TPSA) is 13.0 Å². The number of hydrogen-bond donors (Lipinski definition) is 0. The zero-order chi connectivity index (χ0) is 88.8. The van der Waals surface area contributed by atoms with Crippen molar-refractivity contribution in [3.8, 4) is 55.6 Å². The normalized spacial score (nSPS) is 12.9. The van der Waals surface area contributed by atoms with E-state index in [1.807, 2.05) is 102 Å². The second-order valence-electron chi connectivity index (χ2n) is 34.8. The van der Waals surface area contributed by atoms with Crippen LogP contribution in [0.3, 0.4) is 0 Å². The third kappa shape index (κ3) is 16.0. The van der Waals surface area contributed by atoms with Gasteiger partial charge in [0.2, 0.25) is 0 Å². The summed E-state index contributed by atoms with van der Waals surface area (Å²) in [6.07, 6.45) is 0. The maximum atomic E-state index is 6.54. The quantitative estimate of drug-likeness (QED) is 0.108. The molecule has 3 aliphatic carbocycles. The zero-order valence-corrected chi connectivity index (χ0v) is 76.8. The summed E-state index contributed by atoms with van der Waals surface area (Å²) in [5.74, 6) is 0. The molecule has 9 heteroatoms. The SMILES string of the molecule is CC1(C)c2ccccc2-c2cc(N(c3ccc(-c4ccccc4)cc3)c3cccc(Cl)c3)ccc21.CC1(C)c2ccccc2-c2ccc(N(c3cccc(Cl)c3)c3ccc4sc5ccccc5c4c3)cc21.CC1(C)c2ccccc2-c2cccc(N(c3cccc(Cl)c3)c3ccccc3-c3ccccc3)c21.Clc1ccccc1N(c1ccccc1)c1cccc2ccccc12. The van der Waals surface area contributed by atoms with Crippen molar-refractivity contribution in [2.75, 3.05) is 19.6 Å². The number of para-hydroxylation sites is 3. The maximum Gasteiger partial charge on any atom is 0.0648 e. The first-order valence-electron chi connectivity index (χ1n) is 44.1. The molecule has 23 rings (SSSR count). The lowest BCUT2D eigenvalue weighted by Gasteiger charge is -2.33. The van der Waals surface area contributed by atoms with Crippen LogP contribution in [-0.4, -0.2) is 0 Å². The molecular weight excluding hydrogens is 1680 g/mol. The Balaban J connectivity index is 0.000000110. The van der Waals surface area contributed by atoms with Gasteiger partial charge in [-0.3, -0.25) is 0 Å². The van der Waals surface area contributed by atoms with Gasteiger partial charge in [-0.1, -0.05) is 379 Å². The summed E-state index contributed by atoms with van der Waals surface area (Å²) in [6.45, 7) is 14.0. The highest BCUT2D eigenvalue weighted by Gasteiger charge is 2.41. The fraction of sp³-hybridized carbons (Fsp3) is 0.0744. The molecule has 0 radical (unpaired) electrons. The van der Waals surface area contributed by atoms with E-state index in [2.05, 4.69) is 419 Å². The van der Waals surface area contributed by atoms with Crippen LogP contribution >= 0.6 is 57.7 Å². The minimum absolute atomic E-state index is 0.0112. The average molecular weight is 1780 g/mol. The molecule has 0 spiro atoms. The Morgan fingerprint density at radius 3 is 1.22 bits per heavy atom.